The summed E-state index contributed by atoms with van der Waals surface area (Å²) in [7, 11) is 0. The second kappa shape index (κ2) is 14.9. The summed E-state index contributed by atoms with van der Waals surface area (Å²) >= 11 is 12.1. The molecule has 0 spiro atoms. The summed E-state index contributed by atoms with van der Waals surface area (Å²) in [5, 5.41) is 31.6. The number of allylic oxidation sites excluding steroid dienone is 6. The number of amides is 2. The van der Waals surface area contributed by atoms with Crippen LogP contribution in [0.25, 0.3) is 0 Å². The molecule has 1 unspecified atom stereocenters. The number of benzene rings is 1. The topological polar surface area (TPSA) is 135 Å². The van der Waals surface area contributed by atoms with Crippen LogP contribution in [0.2, 0.25) is 5.02 Å². The Hall–Kier alpha value is -3.80. The summed E-state index contributed by atoms with van der Waals surface area (Å²) in [5.74, 6) is -2.74. The average molecular weight is 627 g/mol. The number of aliphatic hydroxyl groups excluding tert-OH is 1. The van der Waals surface area contributed by atoms with Crippen LogP contribution in [-0.2, 0) is 0 Å². The minimum Gasteiger partial charge on any atom is -0.503 e. The number of hydrogen-bond acceptors (Lipinski definition) is 6. The van der Waals surface area contributed by atoms with Crippen LogP contribution in [0.15, 0.2) is 101 Å². The van der Waals surface area contributed by atoms with Crippen LogP contribution in [-0.4, -0.2) is 57.6 Å². The van der Waals surface area contributed by atoms with E-state index in [1.54, 1.807) is 31.2 Å². The van der Waals surface area contributed by atoms with Crippen molar-refractivity contribution < 1.29 is 28.2 Å². The molecule has 1 aliphatic carbocycles. The predicted molar refractivity (Wildman–Crippen MR) is 161 cm³/mol. The molecule has 0 saturated heterocycles. The first kappa shape index (κ1) is 34.4. The third kappa shape index (κ3) is 9.93. The Morgan fingerprint density at radius 1 is 1.31 bits per heavy atom. The van der Waals surface area contributed by atoms with Crippen molar-refractivity contribution >= 4 is 40.8 Å². The van der Waals surface area contributed by atoms with Gasteiger partial charge in [0.1, 0.15) is 5.84 Å². The number of nitrogens with one attached hydrogen (secondary N) is 2. The molecule has 1 aromatic carbocycles. The number of hydrogen-bond donors (Lipinski definition) is 5. The second-order valence-corrected chi connectivity index (χ2v) is 10.4. The number of aliphatic imine (C=N–C) groups is 1. The molecule has 1 saturated carbocycles. The smallest absolute Gasteiger partial charge is 0.450 e. The number of amidine groups is 1. The zero-order chi connectivity index (χ0) is 31.7. The van der Waals surface area contributed by atoms with E-state index in [9.17, 15) is 28.2 Å². The van der Waals surface area contributed by atoms with Crippen molar-refractivity contribution in [2.24, 2.45) is 10.7 Å². The van der Waals surface area contributed by atoms with Gasteiger partial charge in [-0.2, -0.15) is 13.2 Å². The highest BCUT2D eigenvalue weighted by atomic mass is 35.5. The van der Waals surface area contributed by atoms with Gasteiger partial charge in [0.05, 0.1) is 24.9 Å². The maximum atomic E-state index is 13.1. The minimum atomic E-state index is -5.16. The number of halogens is 5. The molecule has 0 aromatic heterocycles. The van der Waals surface area contributed by atoms with Gasteiger partial charge in [-0.05, 0) is 61.3 Å². The number of nitrogens with zero attached hydrogens (tertiary/aromatic N) is 2. The largest absolute Gasteiger partial charge is 0.503 e. The van der Waals surface area contributed by atoms with Crippen molar-refractivity contribution in [1.82, 2.24) is 10.2 Å². The van der Waals surface area contributed by atoms with E-state index in [1.807, 2.05) is 0 Å². The molecule has 0 bridgehead atoms. The van der Waals surface area contributed by atoms with Crippen molar-refractivity contribution in [3.05, 3.63) is 106 Å². The van der Waals surface area contributed by atoms with Crippen LogP contribution < -0.4 is 11.1 Å². The predicted octanol–water partition coefficient (Wildman–Crippen LogP) is 6.65. The summed E-state index contributed by atoms with van der Waals surface area (Å²) < 4.78 is 39.2. The van der Waals surface area contributed by atoms with Gasteiger partial charge < -0.3 is 21.3 Å². The molecule has 0 aliphatic heterocycles. The van der Waals surface area contributed by atoms with Gasteiger partial charge in [-0.15, -0.1) is 0 Å². The number of alkyl halides is 3. The number of nitrogens with two attached hydrogens (primary N) is 1. The van der Waals surface area contributed by atoms with E-state index >= 15 is 0 Å². The Bertz CT molecular complexity index is 1360. The van der Waals surface area contributed by atoms with Gasteiger partial charge in [-0.25, -0.2) is 9.69 Å². The molecule has 8 nitrogen and oxygen atoms in total. The molecule has 6 N–H and O–H groups in total. The maximum absolute atomic E-state index is 13.1. The lowest BCUT2D eigenvalue weighted by Gasteiger charge is -2.32. The van der Waals surface area contributed by atoms with Gasteiger partial charge in [0.15, 0.2) is 0 Å². The standard InChI is InChI=1S/C29H32Cl2F3N5O3/c1-4-6-7-22(31)18(5-2)15-37-24-14-28(3,42)13-12-21(24)23(35)16-38-27(41)39(17-25(40)29(32,33)34)26(36)19-8-10-20(30)11-9-19/h4-11,17,36,40,42H,1-2,12-16,35H2,3H3,(H,38,41)/b7-6-,22-18-,23-21?,25-17-,36-26?,37-24?. The molecule has 1 atom stereocenters. The molecule has 0 heterocycles. The van der Waals surface area contributed by atoms with Gasteiger partial charge in [0, 0.05) is 33.4 Å². The zero-order valence-electron chi connectivity index (χ0n) is 22.8. The Kier molecular flexibility index (Phi) is 12.2. The summed E-state index contributed by atoms with van der Waals surface area (Å²) in [6.45, 7) is 8.79. The van der Waals surface area contributed by atoms with Crippen molar-refractivity contribution in [3.63, 3.8) is 0 Å². The van der Waals surface area contributed by atoms with Gasteiger partial charge >= 0.3 is 12.2 Å². The van der Waals surface area contributed by atoms with Gasteiger partial charge in [0.2, 0.25) is 5.76 Å². The van der Waals surface area contributed by atoms with E-state index in [0.29, 0.717) is 44.7 Å². The van der Waals surface area contributed by atoms with Gasteiger partial charge in [-0.3, -0.25) is 10.4 Å². The lowest BCUT2D eigenvalue weighted by molar-refractivity contribution is -0.121. The molecular weight excluding hydrogens is 594 g/mol. The monoisotopic (exact) mass is 625 g/mol. The molecule has 1 aliphatic rings. The van der Waals surface area contributed by atoms with Crippen LogP contribution in [0, 0.1) is 5.41 Å². The van der Waals surface area contributed by atoms with E-state index in [1.165, 1.54) is 24.3 Å². The molecule has 1 aromatic rings. The molecule has 42 heavy (non-hydrogen) atoms. The first-order chi connectivity index (χ1) is 19.6. The average Bonchev–Trinajstić information content (AvgIpc) is 2.92. The van der Waals surface area contributed by atoms with Crippen LogP contribution in [0.4, 0.5) is 18.0 Å². The summed E-state index contributed by atoms with van der Waals surface area (Å²) in [6.07, 6.45) is 2.13. The van der Waals surface area contributed by atoms with E-state index < -0.39 is 29.4 Å². The van der Waals surface area contributed by atoms with Crippen molar-refractivity contribution in [2.45, 2.75) is 38.0 Å². The van der Waals surface area contributed by atoms with E-state index in [-0.39, 0.29) is 37.0 Å². The third-order valence-corrected chi connectivity index (χ3v) is 6.74. The normalized spacial score (nSPS) is 20.6. The molecule has 0 radical (unpaired) electrons. The fourth-order valence-electron chi connectivity index (χ4n) is 3.80. The Labute approximate surface area is 252 Å². The molecule has 13 heteroatoms. The number of carbonyl (C=O) groups excluding carboxylic acids is 1. The number of urea groups is 1. The highest BCUT2D eigenvalue weighted by Crippen LogP contribution is 2.31. The zero-order valence-corrected chi connectivity index (χ0v) is 24.3. The first-order valence-corrected chi connectivity index (χ1v) is 13.3. The summed E-state index contributed by atoms with van der Waals surface area (Å²) in [5.41, 5.74) is 7.07. The SMILES string of the molecule is C=C/C=C\C(Cl)=C(/C=C)CN=C1CC(C)(O)CCC1=C(N)CNC(=O)N(/C=C(\O)C(F)(F)F)C(=N)c1ccc(Cl)cc1. The fourth-order valence-corrected chi connectivity index (χ4v) is 4.13. The van der Waals surface area contributed by atoms with Crippen LogP contribution in [0.3, 0.4) is 0 Å². The van der Waals surface area contributed by atoms with Crippen LogP contribution in [0.5, 0.6) is 0 Å². The highest BCUT2D eigenvalue weighted by Gasteiger charge is 2.36. The van der Waals surface area contributed by atoms with Crippen molar-refractivity contribution in [3.8, 4) is 0 Å². The van der Waals surface area contributed by atoms with E-state index in [4.69, 9.17) is 34.3 Å². The van der Waals surface area contributed by atoms with Crippen LogP contribution in [0.1, 0.15) is 31.7 Å². The van der Waals surface area contributed by atoms with E-state index in [0.717, 1.165) is 0 Å². The lowest BCUT2D eigenvalue weighted by Crippen LogP contribution is -2.43. The Balaban J connectivity index is 2.38. The van der Waals surface area contributed by atoms with Crippen LogP contribution >= 0.6 is 23.2 Å². The highest BCUT2D eigenvalue weighted by molar-refractivity contribution is 6.31. The molecule has 2 rings (SSSR count). The molecule has 2 amide bonds. The summed E-state index contributed by atoms with van der Waals surface area (Å²) in [6, 6.07) is 4.30. The molecular formula is C29H32Cl2F3N5O3. The number of aliphatic hydroxyl groups is 2. The minimum absolute atomic E-state index is 0.0590. The molecule has 1 fully saturated rings. The Morgan fingerprint density at radius 2 is 1.95 bits per heavy atom. The third-order valence-electron chi connectivity index (χ3n) is 6.12. The lowest BCUT2D eigenvalue weighted by atomic mass is 9.81. The van der Waals surface area contributed by atoms with Crippen molar-refractivity contribution in [2.75, 3.05) is 13.1 Å². The molecule has 226 valence electrons. The van der Waals surface area contributed by atoms with E-state index in [2.05, 4.69) is 23.5 Å². The first-order valence-electron chi connectivity index (χ1n) is 12.5. The van der Waals surface area contributed by atoms with Gasteiger partial charge in [-0.1, -0.05) is 54.6 Å². The number of carbonyl (C=O) groups is 1. The van der Waals surface area contributed by atoms with Crippen molar-refractivity contribution in [1.29, 1.82) is 5.41 Å². The van der Waals surface area contributed by atoms with Gasteiger partial charge in [0.25, 0.3) is 0 Å². The maximum Gasteiger partial charge on any atom is 0.450 e. The quantitative estimate of drug-likeness (QED) is 0.0908. The summed E-state index contributed by atoms with van der Waals surface area (Å²) in [4.78, 5) is 17.9. The second-order valence-electron chi connectivity index (χ2n) is 9.51. The Morgan fingerprint density at radius 3 is 2.52 bits per heavy atom. The fraction of sp³-hybridized carbons (Fsp3) is 0.276. The number of rotatable bonds is 9.